The lowest BCUT2D eigenvalue weighted by Gasteiger charge is -2.09. The number of carbonyl (C=O) groups is 2. The maximum absolute atomic E-state index is 12.1. The molecule has 2 rings (SSSR count). The predicted octanol–water partition coefficient (Wildman–Crippen LogP) is 3.98. The van der Waals surface area contributed by atoms with Gasteiger partial charge in [-0.05, 0) is 62.4 Å². The van der Waals surface area contributed by atoms with Gasteiger partial charge in [0.1, 0.15) is 5.75 Å². The van der Waals surface area contributed by atoms with Crippen LogP contribution in [0.2, 0.25) is 0 Å². The van der Waals surface area contributed by atoms with Crippen molar-refractivity contribution in [3.05, 3.63) is 71.9 Å². The van der Waals surface area contributed by atoms with Crippen molar-refractivity contribution < 1.29 is 19.4 Å². The van der Waals surface area contributed by atoms with Gasteiger partial charge in [-0.1, -0.05) is 0 Å². The average Bonchev–Trinajstić information content (AvgIpc) is 2.55. The first kappa shape index (κ1) is 17.3. The number of rotatable bonds is 7. The summed E-state index contributed by atoms with van der Waals surface area (Å²) in [5, 5.41) is 11.8. The molecule has 0 radical (unpaired) electrons. The van der Waals surface area contributed by atoms with E-state index in [0.717, 1.165) is 5.75 Å². The largest absolute Gasteiger partial charge is 0.491 e. The molecule has 0 saturated carbocycles. The number of allylic oxidation sites excluding steroid dienone is 1. The normalized spacial score (nSPS) is 10.8. The predicted molar refractivity (Wildman–Crippen MR) is 92.7 cm³/mol. The molecule has 2 aromatic carbocycles. The molecule has 0 aromatic heterocycles. The van der Waals surface area contributed by atoms with Crippen LogP contribution in [-0.2, 0) is 0 Å². The van der Waals surface area contributed by atoms with Crippen LogP contribution < -0.4 is 10.1 Å². The lowest BCUT2D eigenvalue weighted by atomic mass is 10.1. The van der Waals surface area contributed by atoms with Crippen molar-refractivity contribution in [1.29, 1.82) is 0 Å². The van der Waals surface area contributed by atoms with Crippen molar-refractivity contribution in [2.45, 2.75) is 20.0 Å². The van der Waals surface area contributed by atoms with Crippen LogP contribution in [0.1, 0.15) is 34.6 Å². The second-order valence-corrected chi connectivity index (χ2v) is 5.42. The highest BCUT2D eigenvalue weighted by atomic mass is 16.5. The van der Waals surface area contributed by atoms with Gasteiger partial charge in [0, 0.05) is 23.5 Å². The number of hydrogen-bond acceptors (Lipinski definition) is 4. The van der Waals surface area contributed by atoms with Gasteiger partial charge in [-0.15, -0.1) is 0 Å². The molecule has 24 heavy (non-hydrogen) atoms. The zero-order valence-corrected chi connectivity index (χ0v) is 13.5. The smallest absolute Gasteiger partial charge is 0.335 e. The van der Waals surface area contributed by atoms with Gasteiger partial charge in [-0.3, -0.25) is 4.79 Å². The number of carboxylic acids is 1. The maximum atomic E-state index is 12.1. The van der Waals surface area contributed by atoms with Crippen molar-refractivity contribution in [2.24, 2.45) is 0 Å². The molecule has 124 valence electrons. The first-order valence-corrected chi connectivity index (χ1v) is 7.53. The van der Waals surface area contributed by atoms with Crippen LogP contribution in [-0.4, -0.2) is 23.0 Å². The number of ether oxygens (including phenoxy) is 1. The van der Waals surface area contributed by atoms with E-state index in [-0.39, 0.29) is 17.5 Å². The number of carboxylic acid groups (broad SMARTS) is 1. The average molecular weight is 325 g/mol. The Hall–Kier alpha value is -3.08. The Bertz CT molecular complexity index is 731. The van der Waals surface area contributed by atoms with Crippen LogP contribution in [0.3, 0.4) is 0 Å². The minimum atomic E-state index is -0.975. The van der Waals surface area contributed by atoms with E-state index in [0.29, 0.717) is 11.3 Å². The van der Waals surface area contributed by atoms with Crippen LogP contribution in [0.5, 0.6) is 5.75 Å². The molecule has 0 fully saturated rings. The molecule has 5 nitrogen and oxygen atoms in total. The molecule has 0 aliphatic rings. The van der Waals surface area contributed by atoms with E-state index in [9.17, 15) is 9.59 Å². The third kappa shape index (κ3) is 4.98. The van der Waals surface area contributed by atoms with Crippen LogP contribution in [0, 0.1) is 0 Å². The quantitative estimate of drug-likeness (QED) is 0.595. The molecular weight excluding hydrogens is 306 g/mol. The molecule has 2 aromatic rings. The molecule has 0 spiro atoms. The lowest BCUT2D eigenvalue weighted by Crippen LogP contribution is -2.05. The highest BCUT2D eigenvalue weighted by Gasteiger charge is 2.04. The molecular formula is C19H19NO4. The number of benzene rings is 2. The molecule has 0 aliphatic heterocycles. The summed E-state index contributed by atoms with van der Waals surface area (Å²) in [6.07, 6.45) is 3.03. The summed E-state index contributed by atoms with van der Waals surface area (Å²) < 4.78 is 5.53. The zero-order chi connectivity index (χ0) is 17.5. The van der Waals surface area contributed by atoms with Gasteiger partial charge in [0.2, 0.25) is 0 Å². The Morgan fingerprint density at radius 2 is 1.58 bits per heavy atom. The van der Waals surface area contributed by atoms with Crippen LogP contribution in [0.4, 0.5) is 5.69 Å². The summed E-state index contributed by atoms with van der Waals surface area (Å²) in [4.78, 5) is 22.8. The highest BCUT2D eigenvalue weighted by molar-refractivity contribution is 6.04. The number of hydrogen-bond donors (Lipinski definition) is 2. The van der Waals surface area contributed by atoms with Gasteiger partial charge >= 0.3 is 5.97 Å². The highest BCUT2D eigenvalue weighted by Crippen LogP contribution is 2.15. The van der Waals surface area contributed by atoms with Gasteiger partial charge < -0.3 is 15.2 Å². The van der Waals surface area contributed by atoms with Crippen molar-refractivity contribution in [3.8, 4) is 5.75 Å². The molecule has 2 N–H and O–H groups in total. The second-order valence-electron chi connectivity index (χ2n) is 5.42. The Morgan fingerprint density at radius 1 is 1.00 bits per heavy atom. The number of carbonyl (C=O) groups excluding carboxylic acids is 1. The molecule has 0 aliphatic carbocycles. The molecule has 0 bridgehead atoms. The summed E-state index contributed by atoms with van der Waals surface area (Å²) in [6.45, 7) is 3.88. The Morgan fingerprint density at radius 3 is 2.12 bits per heavy atom. The van der Waals surface area contributed by atoms with Crippen LogP contribution >= 0.6 is 0 Å². The molecule has 0 heterocycles. The Labute approximate surface area is 140 Å². The second kappa shape index (κ2) is 7.97. The van der Waals surface area contributed by atoms with Gasteiger partial charge in [0.15, 0.2) is 5.78 Å². The van der Waals surface area contributed by atoms with Gasteiger partial charge in [0.05, 0.1) is 11.7 Å². The van der Waals surface area contributed by atoms with E-state index < -0.39 is 5.97 Å². The van der Waals surface area contributed by atoms with Crippen LogP contribution in [0.15, 0.2) is 60.8 Å². The first-order valence-electron chi connectivity index (χ1n) is 7.53. The van der Waals surface area contributed by atoms with Gasteiger partial charge in [-0.25, -0.2) is 4.79 Å². The standard InChI is InChI=1S/C19H19NO4/c1-13(2)24-17-9-5-14(6-10-17)18(21)11-12-20-16-7-3-15(4-8-16)19(22)23/h3-13,20H,1-2H3,(H,22,23)/b12-11+. The lowest BCUT2D eigenvalue weighted by molar-refractivity contribution is 0.0696. The summed E-state index contributed by atoms with van der Waals surface area (Å²) in [5.74, 6) is -0.389. The zero-order valence-electron chi connectivity index (χ0n) is 13.5. The number of ketones is 1. The number of nitrogens with one attached hydrogen (secondary N) is 1. The minimum Gasteiger partial charge on any atom is -0.491 e. The summed E-state index contributed by atoms with van der Waals surface area (Å²) >= 11 is 0. The SMILES string of the molecule is CC(C)Oc1ccc(C(=O)/C=C/Nc2ccc(C(=O)O)cc2)cc1. The molecule has 0 atom stereocenters. The van der Waals surface area contributed by atoms with E-state index in [1.54, 1.807) is 36.4 Å². The molecule has 5 heteroatoms. The summed E-state index contributed by atoms with van der Waals surface area (Å²) in [6, 6.07) is 13.2. The Kier molecular flexibility index (Phi) is 5.73. The van der Waals surface area contributed by atoms with Crippen molar-refractivity contribution in [3.63, 3.8) is 0 Å². The third-order valence-electron chi connectivity index (χ3n) is 3.13. The monoisotopic (exact) mass is 325 g/mol. The van der Waals surface area contributed by atoms with Crippen molar-refractivity contribution in [2.75, 3.05) is 5.32 Å². The number of aromatic carboxylic acids is 1. The van der Waals surface area contributed by atoms with E-state index >= 15 is 0 Å². The van der Waals surface area contributed by atoms with Gasteiger partial charge in [-0.2, -0.15) is 0 Å². The topological polar surface area (TPSA) is 75.6 Å². The first-order chi connectivity index (χ1) is 11.5. The van der Waals surface area contributed by atoms with E-state index in [1.807, 2.05) is 13.8 Å². The molecule has 0 saturated heterocycles. The fourth-order valence-corrected chi connectivity index (χ4v) is 1.99. The van der Waals surface area contributed by atoms with E-state index in [2.05, 4.69) is 5.32 Å². The number of anilines is 1. The third-order valence-corrected chi connectivity index (χ3v) is 3.13. The minimum absolute atomic E-state index is 0.0863. The fraction of sp³-hybridized carbons (Fsp3) is 0.158. The fourth-order valence-electron chi connectivity index (χ4n) is 1.99. The van der Waals surface area contributed by atoms with Crippen molar-refractivity contribution in [1.82, 2.24) is 0 Å². The van der Waals surface area contributed by atoms with Crippen LogP contribution in [0.25, 0.3) is 0 Å². The molecule has 0 unspecified atom stereocenters. The van der Waals surface area contributed by atoms with Crippen molar-refractivity contribution >= 4 is 17.4 Å². The summed E-state index contributed by atoms with van der Waals surface area (Å²) in [7, 11) is 0. The molecule has 0 amide bonds. The van der Waals surface area contributed by atoms with E-state index in [1.165, 1.54) is 24.4 Å². The Balaban J connectivity index is 1.93. The van der Waals surface area contributed by atoms with Gasteiger partial charge in [0.25, 0.3) is 0 Å². The summed E-state index contributed by atoms with van der Waals surface area (Å²) in [5.41, 5.74) is 1.47. The van der Waals surface area contributed by atoms with E-state index in [4.69, 9.17) is 9.84 Å². The maximum Gasteiger partial charge on any atom is 0.335 e.